The van der Waals surface area contributed by atoms with Gasteiger partial charge in [0.15, 0.2) is 0 Å². The van der Waals surface area contributed by atoms with Crippen molar-refractivity contribution in [2.45, 2.75) is 32.4 Å². The second-order valence-electron chi connectivity index (χ2n) is 7.75. The van der Waals surface area contributed by atoms with E-state index in [0.29, 0.717) is 22.2 Å². The number of hydrogen-bond acceptors (Lipinski definition) is 2. The average Bonchev–Trinajstić information content (AvgIpc) is 2.81. The summed E-state index contributed by atoms with van der Waals surface area (Å²) in [5, 5.41) is 3.68. The summed E-state index contributed by atoms with van der Waals surface area (Å²) >= 11 is 18.4. The highest BCUT2D eigenvalue weighted by molar-refractivity contribution is 6.42. The summed E-state index contributed by atoms with van der Waals surface area (Å²) in [4.78, 5) is 28.2. The number of carbonyl (C=O) groups is 2. The van der Waals surface area contributed by atoms with Crippen LogP contribution in [0.25, 0.3) is 0 Å². The highest BCUT2D eigenvalue weighted by atomic mass is 35.5. The van der Waals surface area contributed by atoms with E-state index < -0.39 is 17.8 Å². The van der Waals surface area contributed by atoms with E-state index in [-0.39, 0.29) is 35.9 Å². The second kappa shape index (κ2) is 12.2. The monoisotopic (exact) mass is 520 g/mol. The number of hydrogen-bond donors (Lipinski definition) is 1. The van der Waals surface area contributed by atoms with Gasteiger partial charge in [0.05, 0.1) is 16.5 Å². The molecule has 0 saturated heterocycles. The average molecular weight is 522 g/mol. The molecule has 0 radical (unpaired) electrons. The molecular weight excluding hydrogens is 498 g/mol. The van der Waals surface area contributed by atoms with Gasteiger partial charge in [-0.05, 0) is 42.3 Å². The van der Waals surface area contributed by atoms with Gasteiger partial charge in [-0.2, -0.15) is 0 Å². The Hall–Kier alpha value is -2.60. The third-order valence-electron chi connectivity index (χ3n) is 5.35. The maximum Gasteiger partial charge on any atom is 0.243 e. The van der Waals surface area contributed by atoms with Gasteiger partial charge in [-0.25, -0.2) is 4.39 Å². The van der Waals surface area contributed by atoms with E-state index in [1.54, 1.807) is 18.2 Å². The summed E-state index contributed by atoms with van der Waals surface area (Å²) in [7, 11) is 0. The van der Waals surface area contributed by atoms with E-state index in [1.807, 2.05) is 37.3 Å². The van der Waals surface area contributed by atoms with Crippen molar-refractivity contribution in [2.75, 3.05) is 6.54 Å². The van der Waals surface area contributed by atoms with Gasteiger partial charge in [0.2, 0.25) is 11.8 Å². The van der Waals surface area contributed by atoms with Crippen molar-refractivity contribution >= 4 is 46.6 Å². The van der Waals surface area contributed by atoms with E-state index in [4.69, 9.17) is 34.8 Å². The van der Waals surface area contributed by atoms with Crippen molar-refractivity contribution in [2.24, 2.45) is 0 Å². The Bertz CT molecular complexity index is 1140. The van der Waals surface area contributed by atoms with E-state index >= 15 is 0 Å². The molecule has 8 heteroatoms. The number of rotatable bonds is 9. The minimum atomic E-state index is -0.838. The minimum Gasteiger partial charge on any atom is -0.355 e. The number of nitrogens with one attached hydrogen (secondary N) is 1. The predicted molar refractivity (Wildman–Crippen MR) is 135 cm³/mol. The molecule has 3 aromatic rings. The van der Waals surface area contributed by atoms with Gasteiger partial charge >= 0.3 is 0 Å². The van der Waals surface area contributed by atoms with E-state index in [1.165, 1.54) is 23.1 Å². The smallest absolute Gasteiger partial charge is 0.243 e. The SMILES string of the molecule is CCNC(=O)C(Cc1ccccc1)N(Cc1ccc(Cl)c(Cl)c1)C(=O)Cc1c(F)cccc1Cl. The number of benzene rings is 3. The quantitative estimate of drug-likeness (QED) is 0.370. The molecule has 0 heterocycles. The van der Waals surface area contributed by atoms with Crippen LogP contribution in [0.4, 0.5) is 4.39 Å². The fourth-order valence-corrected chi connectivity index (χ4v) is 4.19. The zero-order valence-corrected chi connectivity index (χ0v) is 20.8. The first-order valence-corrected chi connectivity index (χ1v) is 11.9. The lowest BCUT2D eigenvalue weighted by Gasteiger charge is -2.32. The lowest BCUT2D eigenvalue weighted by Crippen LogP contribution is -2.51. The van der Waals surface area contributed by atoms with Crippen LogP contribution in [0.15, 0.2) is 66.7 Å². The number of carbonyl (C=O) groups excluding carboxylic acids is 2. The van der Waals surface area contributed by atoms with Gasteiger partial charge in [0, 0.05) is 30.1 Å². The standard InChI is InChI=1S/C26H24Cl3FN2O2/c1-2-31-26(34)24(14-17-7-4-3-5-8-17)32(16-18-11-12-21(28)22(29)13-18)25(33)15-19-20(27)9-6-10-23(19)30/h3-13,24H,2,14-16H2,1H3,(H,31,34). The van der Waals surface area contributed by atoms with Crippen LogP contribution in [-0.2, 0) is 29.0 Å². The van der Waals surface area contributed by atoms with Crippen LogP contribution in [0.2, 0.25) is 15.1 Å². The van der Waals surface area contributed by atoms with Crippen LogP contribution in [-0.4, -0.2) is 29.3 Å². The Balaban J connectivity index is 2.01. The summed E-state index contributed by atoms with van der Waals surface area (Å²) in [5.74, 6) is -1.32. The number of halogens is 4. The lowest BCUT2D eigenvalue weighted by atomic mass is 10.0. The number of likely N-dealkylation sites (N-methyl/N-ethyl adjacent to an activating group) is 1. The Labute approximate surface area is 213 Å². The van der Waals surface area contributed by atoms with Gasteiger partial charge in [-0.15, -0.1) is 0 Å². The Morgan fingerprint density at radius 2 is 1.65 bits per heavy atom. The highest BCUT2D eigenvalue weighted by Gasteiger charge is 2.31. The highest BCUT2D eigenvalue weighted by Crippen LogP contribution is 2.26. The molecule has 3 rings (SSSR count). The summed E-state index contributed by atoms with van der Waals surface area (Å²) in [5.41, 5.74) is 1.65. The third-order valence-corrected chi connectivity index (χ3v) is 6.44. The molecule has 0 aromatic heterocycles. The van der Waals surface area contributed by atoms with Crippen molar-refractivity contribution in [3.8, 4) is 0 Å². The Morgan fingerprint density at radius 3 is 2.29 bits per heavy atom. The normalized spacial score (nSPS) is 11.7. The Morgan fingerprint density at radius 1 is 0.912 bits per heavy atom. The maximum absolute atomic E-state index is 14.5. The molecule has 0 fully saturated rings. The molecule has 34 heavy (non-hydrogen) atoms. The molecule has 0 aliphatic rings. The van der Waals surface area contributed by atoms with Gasteiger partial charge in [-0.1, -0.05) is 77.3 Å². The molecule has 0 bridgehead atoms. The molecule has 0 saturated carbocycles. The van der Waals surface area contributed by atoms with E-state index in [9.17, 15) is 14.0 Å². The van der Waals surface area contributed by atoms with Gasteiger partial charge in [0.1, 0.15) is 11.9 Å². The molecule has 178 valence electrons. The first-order valence-electron chi connectivity index (χ1n) is 10.8. The van der Waals surface area contributed by atoms with Gasteiger partial charge in [-0.3, -0.25) is 9.59 Å². The van der Waals surface area contributed by atoms with E-state index in [0.717, 1.165) is 5.56 Å². The molecule has 1 unspecified atom stereocenters. The van der Waals surface area contributed by atoms with Crippen molar-refractivity contribution in [3.05, 3.63) is 104 Å². The molecule has 4 nitrogen and oxygen atoms in total. The first-order chi connectivity index (χ1) is 16.3. The lowest BCUT2D eigenvalue weighted by molar-refractivity contribution is -0.140. The van der Waals surface area contributed by atoms with E-state index in [2.05, 4.69) is 5.32 Å². The zero-order chi connectivity index (χ0) is 24.7. The summed E-state index contributed by atoms with van der Waals surface area (Å²) in [6.07, 6.45) is -0.0116. The fraction of sp³-hybridized carbons (Fsp3) is 0.231. The Kier molecular flexibility index (Phi) is 9.34. The predicted octanol–water partition coefficient (Wildman–Crippen LogP) is 6.10. The number of amides is 2. The first kappa shape index (κ1) is 26.0. The molecule has 0 aliphatic heterocycles. The minimum absolute atomic E-state index is 0.0798. The molecule has 0 aliphatic carbocycles. The van der Waals surface area contributed by atoms with Crippen molar-refractivity contribution in [3.63, 3.8) is 0 Å². The molecule has 3 aromatic carbocycles. The summed E-state index contributed by atoms with van der Waals surface area (Å²) in [6.45, 7) is 2.29. The third kappa shape index (κ3) is 6.72. The molecule has 1 N–H and O–H groups in total. The van der Waals surface area contributed by atoms with Crippen LogP contribution < -0.4 is 5.32 Å². The molecular formula is C26H24Cl3FN2O2. The van der Waals surface area contributed by atoms with Crippen molar-refractivity contribution < 1.29 is 14.0 Å². The molecule has 0 spiro atoms. The summed E-state index contributed by atoms with van der Waals surface area (Å²) in [6, 6.07) is 17.8. The van der Waals surface area contributed by atoms with Gasteiger partial charge in [0.25, 0.3) is 0 Å². The molecule has 1 atom stereocenters. The van der Waals surface area contributed by atoms with Gasteiger partial charge < -0.3 is 10.2 Å². The zero-order valence-electron chi connectivity index (χ0n) is 18.5. The molecule has 2 amide bonds. The largest absolute Gasteiger partial charge is 0.355 e. The van der Waals surface area contributed by atoms with Crippen LogP contribution in [0.5, 0.6) is 0 Å². The number of nitrogens with zero attached hydrogens (tertiary/aromatic N) is 1. The van der Waals surface area contributed by atoms with Crippen LogP contribution >= 0.6 is 34.8 Å². The maximum atomic E-state index is 14.5. The van der Waals surface area contributed by atoms with Crippen LogP contribution in [0.3, 0.4) is 0 Å². The second-order valence-corrected chi connectivity index (χ2v) is 8.97. The van der Waals surface area contributed by atoms with Crippen LogP contribution in [0.1, 0.15) is 23.6 Å². The van der Waals surface area contributed by atoms with Crippen molar-refractivity contribution in [1.29, 1.82) is 0 Å². The van der Waals surface area contributed by atoms with Crippen LogP contribution in [0, 0.1) is 5.82 Å². The topological polar surface area (TPSA) is 49.4 Å². The summed E-state index contributed by atoms with van der Waals surface area (Å²) < 4.78 is 14.5. The fourth-order valence-electron chi connectivity index (χ4n) is 3.63. The van der Waals surface area contributed by atoms with Crippen molar-refractivity contribution in [1.82, 2.24) is 10.2 Å².